The molecular weight excluding hydrogens is 354 g/mol. The lowest BCUT2D eigenvalue weighted by Gasteiger charge is -2.12. The van der Waals surface area contributed by atoms with Gasteiger partial charge in [0.05, 0.1) is 37.9 Å². The highest BCUT2D eigenvalue weighted by atomic mass is 16.1. The molecule has 2 aromatic carbocycles. The fraction of sp³-hybridized carbons (Fsp3) is 0.100. The van der Waals surface area contributed by atoms with Crippen LogP contribution >= 0.6 is 0 Å². The van der Waals surface area contributed by atoms with Gasteiger partial charge >= 0.3 is 11.5 Å². The number of hydrogen-bond acceptors (Lipinski definition) is 4. The van der Waals surface area contributed by atoms with Crippen molar-refractivity contribution in [2.75, 3.05) is 5.73 Å². The van der Waals surface area contributed by atoms with Crippen LogP contribution in [-0.4, -0.2) is 13.9 Å². The lowest BCUT2D eigenvalue weighted by molar-refractivity contribution is -0.657. The maximum Gasteiger partial charge on any atom is 0.421 e. The van der Waals surface area contributed by atoms with E-state index in [0.717, 1.165) is 5.69 Å². The molecule has 0 bridgehead atoms. The molecule has 0 unspecified atom stereocenters. The van der Waals surface area contributed by atoms with Crippen molar-refractivity contribution in [2.45, 2.75) is 0 Å². The second-order valence-electron chi connectivity index (χ2n) is 6.35. The smallest absolute Gasteiger partial charge is 0.382 e. The molecule has 0 fully saturated rings. The van der Waals surface area contributed by atoms with Gasteiger partial charge in [0, 0.05) is 5.11 Å². The van der Waals surface area contributed by atoms with E-state index in [2.05, 4.69) is 10.2 Å². The minimum atomic E-state index is -0.340. The normalized spacial score (nSPS) is 11.4. The van der Waals surface area contributed by atoms with Gasteiger partial charge in [0.25, 0.3) is 0 Å². The molecule has 4 aromatic rings. The van der Waals surface area contributed by atoms with Crippen LogP contribution in [0.4, 0.5) is 17.5 Å². The van der Waals surface area contributed by atoms with Crippen LogP contribution in [0.15, 0.2) is 88.1 Å². The Kier molecular flexibility index (Phi) is 4.36. The Morgan fingerprint density at radius 2 is 1.46 bits per heavy atom. The molecule has 2 N–H and O–H groups in total. The molecule has 140 valence electrons. The molecule has 2 aromatic heterocycles. The molecule has 8 heteroatoms. The number of nitrogens with two attached hydrogens (primary N) is 1. The van der Waals surface area contributed by atoms with Gasteiger partial charge in [-0.1, -0.05) is 41.5 Å². The zero-order valence-electron chi connectivity index (χ0n) is 15.6. The number of imidazole rings is 1. The third kappa shape index (κ3) is 2.90. The molecular formula is C20H20N7O+. The summed E-state index contributed by atoms with van der Waals surface area (Å²) >= 11 is 0. The third-order valence-electron chi connectivity index (χ3n) is 4.45. The second kappa shape index (κ2) is 6.99. The Bertz CT molecular complexity index is 1180. The average Bonchev–Trinajstić information content (AvgIpc) is 3.17. The summed E-state index contributed by atoms with van der Waals surface area (Å²) in [7, 11) is 3.71. The second-order valence-corrected chi connectivity index (χ2v) is 6.35. The molecule has 28 heavy (non-hydrogen) atoms. The fourth-order valence-electron chi connectivity index (χ4n) is 3.05. The van der Waals surface area contributed by atoms with E-state index in [-0.39, 0.29) is 17.1 Å². The monoisotopic (exact) mass is 374 g/mol. The van der Waals surface area contributed by atoms with E-state index in [9.17, 15) is 4.79 Å². The highest BCUT2D eigenvalue weighted by Crippen LogP contribution is 2.26. The molecule has 0 aliphatic carbocycles. The molecule has 0 atom stereocenters. The van der Waals surface area contributed by atoms with Gasteiger partial charge in [-0.15, -0.1) is 0 Å². The standard InChI is InChI=1S/C20H19N7O/c1-24-13-14-25(2)20(24)23-22-17-18(21)26(15-9-5-3-6-10-15)27(19(17)28)16-11-7-4-8-12-16/h3-14,21H,1-2H3/p+1. The van der Waals surface area contributed by atoms with Gasteiger partial charge < -0.3 is 5.73 Å². The first-order chi connectivity index (χ1) is 13.6. The number of aromatic nitrogens is 4. The summed E-state index contributed by atoms with van der Waals surface area (Å²) in [5.41, 5.74) is 7.56. The molecule has 4 rings (SSSR count). The number of nitrogen functional groups attached to an aromatic ring is 1. The van der Waals surface area contributed by atoms with Crippen LogP contribution in [0.25, 0.3) is 11.4 Å². The number of hydrogen-bond donors (Lipinski definition) is 1. The quantitative estimate of drug-likeness (QED) is 0.440. The van der Waals surface area contributed by atoms with Crippen molar-refractivity contribution in [3.8, 4) is 11.4 Å². The van der Waals surface area contributed by atoms with E-state index in [0.29, 0.717) is 11.6 Å². The fourth-order valence-corrected chi connectivity index (χ4v) is 3.05. The lowest BCUT2D eigenvalue weighted by atomic mass is 10.3. The molecule has 2 heterocycles. The van der Waals surface area contributed by atoms with Crippen molar-refractivity contribution in [1.29, 1.82) is 0 Å². The zero-order valence-corrected chi connectivity index (χ0v) is 15.6. The Balaban J connectivity index is 1.94. The lowest BCUT2D eigenvalue weighted by Crippen LogP contribution is -2.25. The molecule has 8 nitrogen and oxygen atoms in total. The molecule has 0 spiro atoms. The highest BCUT2D eigenvalue weighted by Gasteiger charge is 2.22. The maximum atomic E-state index is 13.2. The zero-order chi connectivity index (χ0) is 19.7. The van der Waals surface area contributed by atoms with Crippen LogP contribution in [0.1, 0.15) is 0 Å². The number of aryl methyl sites for hydroxylation is 2. The van der Waals surface area contributed by atoms with Crippen molar-refractivity contribution in [1.82, 2.24) is 13.9 Å². The first-order valence-corrected chi connectivity index (χ1v) is 8.75. The van der Waals surface area contributed by atoms with Crippen LogP contribution in [-0.2, 0) is 14.1 Å². The van der Waals surface area contributed by atoms with Crippen molar-refractivity contribution < 1.29 is 4.57 Å². The average molecular weight is 374 g/mol. The summed E-state index contributed by atoms with van der Waals surface area (Å²) in [4.78, 5) is 13.2. The van der Waals surface area contributed by atoms with Gasteiger partial charge in [0.1, 0.15) is 0 Å². The topological polar surface area (TPSA) is 86.5 Å². The van der Waals surface area contributed by atoms with Crippen molar-refractivity contribution >= 4 is 17.5 Å². The van der Waals surface area contributed by atoms with E-state index in [1.165, 1.54) is 4.68 Å². The van der Waals surface area contributed by atoms with Gasteiger partial charge in [-0.3, -0.25) is 4.79 Å². The summed E-state index contributed by atoms with van der Waals surface area (Å²) in [6, 6.07) is 18.8. The van der Waals surface area contributed by atoms with Gasteiger partial charge in [-0.2, -0.15) is 0 Å². The van der Waals surface area contributed by atoms with Crippen molar-refractivity contribution in [3.05, 3.63) is 83.4 Å². The molecule has 0 saturated carbocycles. The van der Waals surface area contributed by atoms with E-state index < -0.39 is 0 Å². The molecule has 0 amide bonds. The SMILES string of the molecule is Cn1cc[n+](C)c1/N=N/c1c(N)n(-c2ccccc2)n(-c2ccccc2)c1=O. The Labute approximate surface area is 161 Å². The number of benzene rings is 2. The van der Waals surface area contributed by atoms with E-state index in [4.69, 9.17) is 5.73 Å². The Morgan fingerprint density at radius 1 is 0.893 bits per heavy atom. The first-order valence-electron chi connectivity index (χ1n) is 8.75. The summed E-state index contributed by atoms with van der Waals surface area (Å²) < 4.78 is 6.77. The van der Waals surface area contributed by atoms with Gasteiger partial charge in [-0.05, 0) is 24.3 Å². The summed E-state index contributed by atoms with van der Waals surface area (Å²) in [6.45, 7) is 0. The first kappa shape index (κ1) is 17.5. The summed E-state index contributed by atoms with van der Waals surface area (Å²) in [5.74, 6) is 0.818. The van der Waals surface area contributed by atoms with Crippen LogP contribution in [0, 0.1) is 0 Å². The molecule has 0 aliphatic rings. The van der Waals surface area contributed by atoms with Crippen LogP contribution in [0.3, 0.4) is 0 Å². The summed E-state index contributed by atoms with van der Waals surface area (Å²) in [6.07, 6.45) is 3.71. The molecule has 0 aliphatic heterocycles. The Morgan fingerprint density at radius 3 is 2.00 bits per heavy atom. The van der Waals surface area contributed by atoms with Crippen LogP contribution in [0.2, 0.25) is 0 Å². The van der Waals surface area contributed by atoms with Crippen molar-refractivity contribution in [2.24, 2.45) is 24.3 Å². The number of azo groups is 1. The molecule has 0 radical (unpaired) electrons. The summed E-state index contributed by atoms with van der Waals surface area (Å²) in [5, 5.41) is 8.45. The molecule has 0 saturated heterocycles. The number of para-hydroxylation sites is 2. The third-order valence-corrected chi connectivity index (χ3v) is 4.45. The highest BCUT2D eigenvalue weighted by molar-refractivity contribution is 5.62. The predicted molar refractivity (Wildman–Crippen MR) is 107 cm³/mol. The number of nitrogens with zero attached hydrogens (tertiary/aromatic N) is 6. The maximum absolute atomic E-state index is 13.2. The number of rotatable bonds is 4. The van der Waals surface area contributed by atoms with Gasteiger partial charge in [0.15, 0.2) is 5.82 Å². The van der Waals surface area contributed by atoms with Gasteiger partial charge in [-0.25, -0.2) is 18.5 Å². The minimum absolute atomic E-state index is 0.0916. The van der Waals surface area contributed by atoms with E-state index >= 15 is 0 Å². The van der Waals surface area contributed by atoms with Crippen LogP contribution in [0.5, 0.6) is 0 Å². The predicted octanol–water partition coefficient (Wildman–Crippen LogP) is 2.79. The Hall–Kier alpha value is -3.94. The van der Waals surface area contributed by atoms with Crippen LogP contribution < -0.4 is 15.9 Å². The number of anilines is 1. The van der Waals surface area contributed by atoms with Gasteiger partial charge in [0.2, 0.25) is 5.69 Å². The van der Waals surface area contributed by atoms with E-state index in [1.54, 1.807) is 4.68 Å². The largest absolute Gasteiger partial charge is 0.421 e. The van der Waals surface area contributed by atoms with E-state index in [1.807, 2.05) is 96.3 Å². The van der Waals surface area contributed by atoms with Crippen molar-refractivity contribution in [3.63, 3.8) is 0 Å². The minimum Gasteiger partial charge on any atom is -0.382 e.